The van der Waals surface area contributed by atoms with Gasteiger partial charge in [-0.3, -0.25) is 4.90 Å². The Labute approximate surface area is 73.4 Å². The van der Waals surface area contributed by atoms with Crippen molar-refractivity contribution in [1.82, 2.24) is 4.90 Å². The third-order valence-electron chi connectivity index (χ3n) is 1.77. The molecule has 3 N–H and O–H groups in total. The first-order chi connectivity index (χ1) is 5.61. The van der Waals surface area contributed by atoms with Crippen molar-refractivity contribution in [1.29, 1.82) is 0 Å². The fourth-order valence-corrected chi connectivity index (χ4v) is 1.02. The number of aliphatic hydroxyl groups excluding tert-OH is 3. The lowest BCUT2D eigenvalue weighted by Gasteiger charge is -2.27. The first-order valence-electron chi connectivity index (χ1n) is 4.25. The summed E-state index contributed by atoms with van der Waals surface area (Å²) in [5.74, 6) is 0. The van der Waals surface area contributed by atoms with E-state index in [9.17, 15) is 0 Å². The highest BCUT2D eigenvalue weighted by molar-refractivity contribution is 4.66. The molecule has 0 aromatic heterocycles. The highest BCUT2D eigenvalue weighted by atomic mass is 16.3. The summed E-state index contributed by atoms with van der Waals surface area (Å²) in [6.07, 6.45) is -0.709. The van der Waals surface area contributed by atoms with Crippen LogP contribution >= 0.6 is 0 Å². The minimum atomic E-state index is -0.709. The number of rotatable bonds is 6. The Balaban J connectivity index is 3.77. The molecule has 0 aromatic carbocycles. The van der Waals surface area contributed by atoms with Gasteiger partial charge < -0.3 is 15.3 Å². The molecule has 0 bridgehead atoms. The maximum Gasteiger partial charge on any atom is 0.0897 e. The van der Waals surface area contributed by atoms with Crippen molar-refractivity contribution in [2.24, 2.45) is 0 Å². The summed E-state index contributed by atoms with van der Waals surface area (Å²) >= 11 is 0. The molecule has 0 radical (unpaired) electrons. The average molecular weight is 177 g/mol. The summed E-state index contributed by atoms with van der Waals surface area (Å²) in [6, 6.07) is 0.276. The monoisotopic (exact) mass is 177 g/mol. The fraction of sp³-hybridized carbons (Fsp3) is 1.00. The number of aliphatic hydroxyl groups is 3. The molecule has 0 aliphatic heterocycles. The summed E-state index contributed by atoms with van der Waals surface area (Å²) < 4.78 is 0. The van der Waals surface area contributed by atoms with Crippen LogP contribution in [0.25, 0.3) is 0 Å². The normalized spacial score (nSPS) is 14.2. The van der Waals surface area contributed by atoms with Crippen molar-refractivity contribution in [2.75, 3.05) is 26.3 Å². The van der Waals surface area contributed by atoms with E-state index < -0.39 is 6.10 Å². The van der Waals surface area contributed by atoms with Crippen LogP contribution in [-0.2, 0) is 0 Å². The van der Waals surface area contributed by atoms with Crippen molar-refractivity contribution < 1.29 is 15.3 Å². The molecule has 1 atom stereocenters. The molecular weight excluding hydrogens is 158 g/mol. The standard InChI is InChI=1S/C8H19NO3/c1-7(2)9(3-4-10)5-8(12)6-11/h7-8,10-12H,3-6H2,1-2H3. The van der Waals surface area contributed by atoms with Crippen LogP contribution in [0.4, 0.5) is 0 Å². The molecule has 0 saturated heterocycles. The lowest BCUT2D eigenvalue weighted by molar-refractivity contribution is 0.0430. The molecule has 1 unspecified atom stereocenters. The van der Waals surface area contributed by atoms with Crippen molar-refractivity contribution >= 4 is 0 Å². The molecule has 0 fully saturated rings. The van der Waals surface area contributed by atoms with E-state index in [0.29, 0.717) is 13.1 Å². The predicted octanol–water partition coefficient (Wildman–Crippen LogP) is -0.958. The molecule has 0 aliphatic rings. The van der Waals surface area contributed by atoms with Gasteiger partial charge in [0.25, 0.3) is 0 Å². The van der Waals surface area contributed by atoms with E-state index in [1.54, 1.807) is 0 Å². The predicted molar refractivity (Wildman–Crippen MR) is 46.9 cm³/mol. The smallest absolute Gasteiger partial charge is 0.0897 e. The van der Waals surface area contributed by atoms with Gasteiger partial charge in [0.1, 0.15) is 0 Å². The molecule has 0 spiro atoms. The number of nitrogens with zero attached hydrogens (tertiary/aromatic N) is 1. The highest BCUT2D eigenvalue weighted by Gasteiger charge is 2.12. The topological polar surface area (TPSA) is 63.9 Å². The Hall–Kier alpha value is -0.160. The third kappa shape index (κ3) is 4.66. The zero-order chi connectivity index (χ0) is 9.56. The van der Waals surface area contributed by atoms with Gasteiger partial charge in [0.05, 0.1) is 19.3 Å². The zero-order valence-corrected chi connectivity index (χ0v) is 7.77. The van der Waals surface area contributed by atoms with Gasteiger partial charge in [-0.2, -0.15) is 0 Å². The van der Waals surface area contributed by atoms with E-state index in [0.717, 1.165) is 0 Å². The van der Waals surface area contributed by atoms with Crippen LogP contribution in [0.1, 0.15) is 13.8 Å². The van der Waals surface area contributed by atoms with Gasteiger partial charge in [0, 0.05) is 19.1 Å². The van der Waals surface area contributed by atoms with Gasteiger partial charge in [0.15, 0.2) is 0 Å². The molecule has 4 nitrogen and oxygen atoms in total. The minimum Gasteiger partial charge on any atom is -0.395 e. The second kappa shape index (κ2) is 6.37. The first-order valence-corrected chi connectivity index (χ1v) is 4.25. The fourth-order valence-electron chi connectivity index (χ4n) is 1.02. The van der Waals surface area contributed by atoms with E-state index >= 15 is 0 Å². The van der Waals surface area contributed by atoms with Crippen molar-refractivity contribution in [3.8, 4) is 0 Å². The van der Waals surface area contributed by atoms with Crippen molar-refractivity contribution in [3.05, 3.63) is 0 Å². The Morgan fingerprint density at radius 3 is 2.17 bits per heavy atom. The van der Waals surface area contributed by atoms with E-state index in [-0.39, 0.29) is 19.3 Å². The quantitative estimate of drug-likeness (QED) is 0.489. The molecule has 4 heteroatoms. The van der Waals surface area contributed by atoms with E-state index in [4.69, 9.17) is 15.3 Å². The molecular formula is C8H19NO3. The maximum absolute atomic E-state index is 9.13. The Bertz CT molecular complexity index is 108. The molecule has 12 heavy (non-hydrogen) atoms. The minimum absolute atomic E-state index is 0.0797. The van der Waals surface area contributed by atoms with Gasteiger partial charge in [-0.15, -0.1) is 0 Å². The molecule has 0 rings (SSSR count). The van der Waals surface area contributed by atoms with E-state index in [1.807, 2.05) is 18.7 Å². The van der Waals surface area contributed by atoms with E-state index in [2.05, 4.69) is 0 Å². The van der Waals surface area contributed by atoms with E-state index in [1.165, 1.54) is 0 Å². The molecule has 0 amide bonds. The van der Waals surface area contributed by atoms with Crippen LogP contribution < -0.4 is 0 Å². The summed E-state index contributed by atoms with van der Waals surface area (Å²) in [5, 5.41) is 26.4. The molecule has 0 aliphatic carbocycles. The van der Waals surface area contributed by atoms with Gasteiger partial charge in [-0.05, 0) is 13.8 Å². The Kier molecular flexibility index (Phi) is 6.28. The first kappa shape index (κ1) is 11.8. The maximum atomic E-state index is 9.13. The van der Waals surface area contributed by atoms with Crippen LogP contribution in [0.5, 0.6) is 0 Å². The lowest BCUT2D eigenvalue weighted by atomic mass is 10.2. The van der Waals surface area contributed by atoms with Gasteiger partial charge >= 0.3 is 0 Å². The summed E-state index contributed by atoms with van der Waals surface area (Å²) in [7, 11) is 0. The summed E-state index contributed by atoms with van der Waals surface area (Å²) in [6.45, 7) is 4.77. The van der Waals surface area contributed by atoms with Crippen molar-refractivity contribution in [3.63, 3.8) is 0 Å². The molecule has 0 saturated carbocycles. The lowest BCUT2D eigenvalue weighted by Crippen LogP contribution is -2.40. The highest BCUT2D eigenvalue weighted by Crippen LogP contribution is 1.98. The summed E-state index contributed by atoms with van der Waals surface area (Å²) in [5.41, 5.74) is 0. The third-order valence-corrected chi connectivity index (χ3v) is 1.77. The Morgan fingerprint density at radius 1 is 1.25 bits per heavy atom. The van der Waals surface area contributed by atoms with Gasteiger partial charge in [0.2, 0.25) is 0 Å². The zero-order valence-electron chi connectivity index (χ0n) is 7.77. The molecule has 0 heterocycles. The largest absolute Gasteiger partial charge is 0.395 e. The van der Waals surface area contributed by atoms with Crippen LogP contribution in [-0.4, -0.2) is 58.7 Å². The summed E-state index contributed by atoms with van der Waals surface area (Å²) in [4.78, 5) is 1.92. The number of hydrogen-bond donors (Lipinski definition) is 3. The SMILES string of the molecule is CC(C)N(CCO)CC(O)CO. The molecule has 0 aromatic rings. The van der Waals surface area contributed by atoms with Crippen LogP contribution in [0.15, 0.2) is 0 Å². The average Bonchev–Trinajstić information content (AvgIpc) is 2.03. The molecule has 74 valence electrons. The Morgan fingerprint density at radius 2 is 1.83 bits per heavy atom. The second-order valence-electron chi connectivity index (χ2n) is 3.15. The van der Waals surface area contributed by atoms with Gasteiger partial charge in [-0.25, -0.2) is 0 Å². The van der Waals surface area contributed by atoms with Crippen LogP contribution in [0.3, 0.4) is 0 Å². The van der Waals surface area contributed by atoms with Crippen LogP contribution in [0, 0.1) is 0 Å². The number of hydrogen-bond acceptors (Lipinski definition) is 4. The van der Waals surface area contributed by atoms with Crippen molar-refractivity contribution in [2.45, 2.75) is 26.0 Å². The van der Waals surface area contributed by atoms with Crippen LogP contribution in [0.2, 0.25) is 0 Å². The van der Waals surface area contributed by atoms with Gasteiger partial charge in [-0.1, -0.05) is 0 Å². The second-order valence-corrected chi connectivity index (χ2v) is 3.15.